The molecular formula is C19H21NOS. The fourth-order valence-electron chi connectivity index (χ4n) is 3.15. The quantitative estimate of drug-likeness (QED) is 0.739. The van der Waals surface area contributed by atoms with Crippen LogP contribution in [0.5, 0.6) is 0 Å². The molecular weight excluding hydrogens is 290 g/mol. The van der Waals surface area contributed by atoms with Gasteiger partial charge in [0, 0.05) is 21.2 Å². The zero-order valence-electron chi connectivity index (χ0n) is 13.2. The van der Waals surface area contributed by atoms with E-state index in [-0.39, 0.29) is 16.7 Å². The van der Waals surface area contributed by atoms with Gasteiger partial charge >= 0.3 is 0 Å². The summed E-state index contributed by atoms with van der Waals surface area (Å²) in [6.07, 6.45) is 0.963. The molecule has 22 heavy (non-hydrogen) atoms. The average Bonchev–Trinajstić information content (AvgIpc) is 2.59. The van der Waals surface area contributed by atoms with Crippen LogP contribution >= 0.6 is 11.8 Å². The number of para-hydroxylation sites is 1. The number of rotatable bonds is 1. The van der Waals surface area contributed by atoms with Crippen LogP contribution in [0.2, 0.25) is 0 Å². The third kappa shape index (κ3) is 2.91. The topological polar surface area (TPSA) is 20.3 Å². The van der Waals surface area contributed by atoms with E-state index in [2.05, 4.69) is 32.9 Å². The number of hydrogen-bond donors (Lipinski definition) is 0. The zero-order chi connectivity index (χ0) is 15.7. The molecule has 0 bridgehead atoms. The highest BCUT2D eigenvalue weighted by Gasteiger charge is 2.35. The first kappa shape index (κ1) is 15.2. The Bertz CT molecular complexity index is 681. The van der Waals surface area contributed by atoms with Crippen molar-refractivity contribution >= 4 is 23.4 Å². The molecule has 0 aliphatic carbocycles. The van der Waals surface area contributed by atoms with Crippen molar-refractivity contribution in [2.24, 2.45) is 0 Å². The van der Waals surface area contributed by atoms with Crippen LogP contribution in [-0.2, 0) is 0 Å². The molecule has 0 aromatic heterocycles. The van der Waals surface area contributed by atoms with Crippen LogP contribution in [0.3, 0.4) is 0 Å². The van der Waals surface area contributed by atoms with E-state index < -0.39 is 0 Å². The molecule has 2 aromatic carbocycles. The van der Waals surface area contributed by atoms with Gasteiger partial charge in [-0.05, 0) is 37.6 Å². The molecule has 2 nitrogen and oxygen atoms in total. The van der Waals surface area contributed by atoms with Crippen LogP contribution in [-0.4, -0.2) is 16.7 Å². The van der Waals surface area contributed by atoms with Crippen molar-refractivity contribution in [3.05, 3.63) is 60.2 Å². The summed E-state index contributed by atoms with van der Waals surface area (Å²) in [5.74, 6) is 0.0823. The zero-order valence-corrected chi connectivity index (χ0v) is 14.1. The Kier molecular flexibility index (Phi) is 4.00. The van der Waals surface area contributed by atoms with Crippen LogP contribution < -0.4 is 4.90 Å². The fraction of sp³-hybridized carbons (Fsp3) is 0.316. The van der Waals surface area contributed by atoms with Gasteiger partial charge in [-0.3, -0.25) is 4.79 Å². The summed E-state index contributed by atoms with van der Waals surface area (Å²) < 4.78 is 0.112. The monoisotopic (exact) mass is 311 g/mol. The molecule has 0 N–H and O–H groups in total. The maximum absolute atomic E-state index is 13.1. The van der Waals surface area contributed by atoms with E-state index in [0.29, 0.717) is 0 Å². The van der Waals surface area contributed by atoms with Crippen molar-refractivity contribution in [1.29, 1.82) is 0 Å². The van der Waals surface area contributed by atoms with Gasteiger partial charge < -0.3 is 4.90 Å². The number of carbonyl (C=O) groups excluding carboxylic acids is 1. The molecule has 3 rings (SSSR count). The Labute approximate surface area is 136 Å². The second-order valence-corrected chi connectivity index (χ2v) is 8.17. The highest BCUT2D eigenvalue weighted by atomic mass is 32.2. The summed E-state index contributed by atoms with van der Waals surface area (Å²) in [6.45, 7) is 6.65. The van der Waals surface area contributed by atoms with E-state index >= 15 is 0 Å². The number of amides is 1. The highest BCUT2D eigenvalue weighted by molar-refractivity contribution is 8.00. The standard InChI is InChI=1S/C19H21NOS/c1-14-13-19(2,3)22-17-12-8-7-11-16(17)20(14)18(21)15-9-5-4-6-10-15/h4-12,14H,13H2,1-3H3/t14-/m1/s1. The smallest absolute Gasteiger partial charge is 0.258 e. The lowest BCUT2D eigenvalue weighted by Gasteiger charge is -2.30. The Morgan fingerprint density at radius 1 is 1.09 bits per heavy atom. The molecule has 1 amide bonds. The first-order chi connectivity index (χ1) is 10.5. The van der Waals surface area contributed by atoms with Gasteiger partial charge in [-0.25, -0.2) is 0 Å². The van der Waals surface area contributed by atoms with Crippen LogP contribution in [0, 0.1) is 0 Å². The number of fused-ring (bicyclic) bond motifs is 1. The van der Waals surface area contributed by atoms with Gasteiger partial charge in [0.1, 0.15) is 0 Å². The molecule has 1 atom stereocenters. The minimum absolute atomic E-state index is 0.0823. The number of nitrogens with zero attached hydrogens (tertiary/aromatic N) is 1. The number of hydrogen-bond acceptors (Lipinski definition) is 2. The van der Waals surface area contributed by atoms with Crippen molar-refractivity contribution in [3.8, 4) is 0 Å². The van der Waals surface area contributed by atoms with Crippen molar-refractivity contribution < 1.29 is 4.79 Å². The molecule has 1 aliphatic heterocycles. The van der Waals surface area contributed by atoms with Gasteiger partial charge in [0.15, 0.2) is 0 Å². The fourth-order valence-corrected chi connectivity index (χ4v) is 4.49. The van der Waals surface area contributed by atoms with Gasteiger partial charge in [-0.2, -0.15) is 0 Å². The molecule has 0 saturated carbocycles. The first-order valence-corrected chi connectivity index (χ1v) is 8.46. The summed E-state index contributed by atoms with van der Waals surface area (Å²) in [7, 11) is 0. The third-order valence-electron chi connectivity index (χ3n) is 3.98. The molecule has 0 unspecified atom stereocenters. The number of carbonyl (C=O) groups is 1. The summed E-state index contributed by atoms with van der Waals surface area (Å²) in [5, 5.41) is 0. The van der Waals surface area contributed by atoms with E-state index in [9.17, 15) is 4.79 Å². The second kappa shape index (κ2) is 5.81. The summed E-state index contributed by atoms with van der Waals surface area (Å²) in [4.78, 5) is 16.2. The molecule has 114 valence electrons. The number of benzene rings is 2. The van der Waals surface area contributed by atoms with E-state index in [4.69, 9.17) is 0 Å². The van der Waals surface area contributed by atoms with Crippen molar-refractivity contribution in [2.75, 3.05) is 4.90 Å². The minimum atomic E-state index is 0.0823. The maximum Gasteiger partial charge on any atom is 0.258 e. The van der Waals surface area contributed by atoms with E-state index in [0.717, 1.165) is 17.7 Å². The summed E-state index contributed by atoms with van der Waals surface area (Å²) >= 11 is 1.86. The second-order valence-electron chi connectivity index (χ2n) is 6.42. The van der Waals surface area contributed by atoms with Crippen molar-refractivity contribution in [3.63, 3.8) is 0 Å². The SMILES string of the molecule is C[C@@H]1CC(C)(C)Sc2ccccc2N1C(=O)c1ccccc1. The van der Waals surface area contributed by atoms with Gasteiger partial charge in [-0.15, -0.1) is 11.8 Å². The molecule has 1 heterocycles. The van der Waals surface area contributed by atoms with Crippen LogP contribution in [0.4, 0.5) is 5.69 Å². The van der Waals surface area contributed by atoms with E-state index in [1.807, 2.05) is 59.1 Å². The Hall–Kier alpha value is -1.74. The minimum Gasteiger partial charge on any atom is -0.304 e. The van der Waals surface area contributed by atoms with Crippen LogP contribution in [0.25, 0.3) is 0 Å². The van der Waals surface area contributed by atoms with Gasteiger partial charge in [0.2, 0.25) is 0 Å². The Morgan fingerprint density at radius 3 is 2.45 bits per heavy atom. The molecule has 0 fully saturated rings. The van der Waals surface area contributed by atoms with Gasteiger partial charge in [-0.1, -0.05) is 44.2 Å². The van der Waals surface area contributed by atoms with Gasteiger partial charge in [0.25, 0.3) is 5.91 Å². The molecule has 0 saturated heterocycles. The lowest BCUT2D eigenvalue weighted by molar-refractivity contribution is 0.0976. The lowest BCUT2D eigenvalue weighted by atomic mass is 10.0. The average molecular weight is 311 g/mol. The number of anilines is 1. The van der Waals surface area contributed by atoms with E-state index in [1.54, 1.807) is 0 Å². The molecule has 1 aliphatic rings. The molecule has 0 radical (unpaired) electrons. The third-order valence-corrected chi connectivity index (χ3v) is 5.26. The molecule has 0 spiro atoms. The largest absolute Gasteiger partial charge is 0.304 e. The normalized spacial score (nSPS) is 20.1. The van der Waals surface area contributed by atoms with E-state index in [1.165, 1.54) is 4.90 Å². The van der Waals surface area contributed by atoms with Crippen LogP contribution in [0.15, 0.2) is 59.5 Å². The predicted molar refractivity (Wildman–Crippen MR) is 93.7 cm³/mol. The first-order valence-electron chi connectivity index (χ1n) is 7.64. The molecule has 2 aromatic rings. The Balaban J connectivity index is 2.08. The summed E-state index contributed by atoms with van der Waals surface area (Å²) in [5.41, 5.74) is 1.77. The number of thioether (sulfide) groups is 1. The highest BCUT2D eigenvalue weighted by Crippen LogP contribution is 2.45. The Morgan fingerprint density at radius 2 is 1.73 bits per heavy atom. The van der Waals surface area contributed by atoms with Crippen molar-refractivity contribution in [1.82, 2.24) is 0 Å². The van der Waals surface area contributed by atoms with Crippen LogP contribution in [0.1, 0.15) is 37.6 Å². The van der Waals surface area contributed by atoms with Gasteiger partial charge in [0.05, 0.1) is 5.69 Å². The lowest BCUT2D eigenvalue weighted by Crippen LogP contribution is -2.40. The van der Waals surface area contributed by atoms with Crippen molar-refractivity contribution in [2.45, 2.75) is 42.9 Å². The summed E-state index contributed by atoms with van der Waals surface area (Å²) in [6, 6.07) is 17.9. The molecule has 3 heteroatoms. The maximum atomic E-state index is 13.1. The predicted octanol–water partition coefficient (Wildman–Crippen LogP) is 5.00.